The first-order valence-electron chi connectivity index (χ1n) is 7.61. The molecule has 3 rings (SSSR count). The first-order chi connectivity index (χ1) is 10.5. The van der Waals surface area contributed by atoms with Crippen LogP contribution in [0.25, 0.3) is 0 Å². The fraction of sp³-hybridized carbons (Fsp3) is 0.500. The van der Waals surface area contributed by atoms with Gasteiger partial charge in [-0.1, -0.05) is 30.7 Å². The Morgan fingerprint density at radius 3 is 2.95 bits per heavy atom. The van der Waals surface area contributed by atoms with Crippen LogP contribution in [-0.2, 0) is 9.59 Å². The number of amides is 2. The van der Waals surface area contributed by atoms with Crippen molar-refractivity contribution in [3.05, 3.63) is 34.9 Å². The van der Waals surface area contributed by atoms with Crippen LogP contribution in [0.2, 0.25) is 5.02 Å². The summed E-state index contributed by atoms with van der Waals surface area (Å²) in [6.07, 6.45) is 0. The summed E-state index contributed by atoms with van der Waals surface area (Å²) in [4.78, 5) is 27.3. The van der Waals surface area contributed by atoms with E-state index in [0.717, 1.165) is 24.7 Å². The summed E-state index contributed by atoms with van der Waals surface area (Å²) in [5, 5.41) is 3.43. The summed E-state index contributed by atoms with van der Waals surface area (Å²) in [5.41, 5.74) is 1.22. The molecule has 2 atom stereocenters. The number of rotatable bonds is 3. The van der Waals surface area contributed by atoms with Gasteiger partial charge in [-0.15, -0.1) is 0 Å². The highest BCUT2D eigenvalue weighted by Gasteiger charge is 2.37. The molecule has 0 unspecified atom stereocenters. The van der Waals surface area contributed by atoms with E-state index in [1.54, 1.807) is 4.90 Å². The molecule has 1 N–H and O–H groups in total. The van der Waals surface area contributed by atoms with E-state index in [4.69, 9.17) is 11.6 Å². The SMILES string of the molecule is C[C@@H](CN1CCN2C(=O)C(=O)NC[C@@H]2C1)c1cccc(Cl)c1. The number of nitrogens with zero attached hydrogens (tertiary/aromatic N) is 2. The lowest BCUT2D eigenvalue weighted by Gasteiger charge is -2.44. The van der Waals surface area contributed by atoms with Crippen molar-refractivity contribution in [1.82, 2.24) is 15.1 Å². The maximum Gasteiger partial charge on any atom is 0.312 e. The molecule has 0 radical (unpaired) electrons. The summed E-state index contributed by atoms with van der Waals surface area (Å²) < 4.78 is 0. The van der Waals surface area contributed by atoms with E-state index in [2.05, 4.69) is 23.2 Å². The van der Waals surface area contributed by atoms with Crippen LogP contribution in [0.3, 0.4) is 0 Å². The predicted molar refractivity (Wildman–Crippen MR) is 84.8 cm³/mol. The molecule has 2 amide bonds. The molecule has 0 aliphatic carbocycles. The van der Waals surface area contributed by atoms with E-state index in [9.17, 15) is 9.59 Å². The molecule has 2 aliphatic rings. The van der Waals surface area contributed by atoms with Gasteiger partial charge in [0.15, 0.2) is 0 Å². The predicted octanol–water partition coefficient (Wildman–Crippen LogP) is 1.09. The van der Waals surface area contributed by atoms with Gasteiger partial charge in [0, 0.05) is 37.7 Å². The Bertz CT molecular complexity index is 593. The molecule has 5 nitrogen and oxygen atoms in total. The van der Waals surface area contributed by atoms with Crippen LogP contribution >= 0.6 is 11.6 Å². The fourth-order valence-corrected chi connectivity index (χ4v) is 3.45. The number of piperazine rings is 2. The van der Waals surface area contributed by atoms with Gasteiger partial charge in [-0.2, -0.15) is 0 Å². The minimum Gasteiger partial charge on any atom is -0.346 e. The number of hydrogen-bond donors (Lipinski definition) is 1. The van der Waals surface area contributed by atoms with Crippen LogP contribution in [0, 0.1) is 0 Å². The van der Waals surface area contributed by atoms with Crippen LogP contribution in [0.5, 0.6) is 0 Å². The zero-order chi connectivity index (χ0) is 15.7. The van der Waals surface area contributed by atoms with Crippen LogP contribution in [-0.4, -0.2) is 60.4 Å². The summed E-state index contributed by atoms with van der Waals surface area (Å²) in [6.45, 7) is 5.89. The molecule has 2 aliphatic heterocycles. The number of fused-ring (bicyclic) bond motifs is 1. The third kappa shape index (κ3) is 3.10. The van der Waals surface area contributed by atoms with Gasteiger partial charge < -0.3 is 10.2 Å². The van der Waals surface area contributed by atoms with E-state index in [1.165, 1.54) is 5.56 Å². The van der Waals surface area contributed by atoms with Crippen molar-refractivity contribution in [3.8, 4) is 0 Å². The average Bonchev–Trinajstić information content (AvgIpc) is 2.51. The van der Waals surface area contributed by atoms with E-state index in [1.807, 2.05) is 18.2 Å². The molecule has 6 heteroatoms. The molecule has 2 heterocycles. The molecule has 22 heavy (non-hydrogen) atoms. The topological polar surface area (TPSA) is 52.7 Å². The molecule has 118 valence electrons. The number of nitrogens with one attached hydrogen (secondary N) is 1. The van der Waals surface area contributed by atoms with Gasteiger partial charge in [0.05, 0.1) is 6.04 Å². The Kier molecular flexibility index (Phi) is 4.36. The maximum absolute atomic E-state index is 11.8. The summed E-state index contributed by atoms with van der Waals surface area (Å²) in [7, 11) is 0. The molecule has 0 saturated carbocycles. The van der Waals surface area contributed by atoms with Crippen LogP contribution in [0.4, 0.5) is 0 Å². The Morgan fingerprint density at radius 2 is 2.18 bits per heavy atom. The van der Waals surface area contributed by atoms with Gasteiger partial charge >= 0.3 is 11.8 Å². The normalized spacial score (nSPS) is 23.9. The molecular formula is C16H20ClN3O2. The average molecular weight is 322 g/mol. The Morgan fingerprint density at radius 1 is 1.36 bits per heavy atom. The summed E-state index contributed by atoms with van der Waals surface area (Å²) >= 11 is 6.05. The van der Waals surface area contributed by atoms with Crippen molar-refractivity contribution in [1.29, 1.82) is 0 Å². The van der Waals surface area contributed by atoms with Crippen molar-refractivity contribution in [2.45, 2.75) is 18.9 Å². The second-order valence-corrected chi connectivity index (χ2v) is 6.51. The lowest BCUT2D eigenvalue weighted by molar-refractivity contribution is -0.152. The lowest BCUT2D eigenvalue weighted by atomic mass is 9.99. The highest BCUT2D eigenvalue weighted by atomic mass is 35.5. The number of benzene rings is 1. The third-order valence-electron chi connectivity index (χ3n) is 4.47. The first kappa shape index (κ1) is 15.3. The minimum absolute atomic E-state index is 0.0884. The van der Waals surface area contributed by atoms with Gasteiger partial charge in [0.25, 0.3) is 0 Å². The Hall–Kier alpha value is -1.59. The van der Waals surface area contributed by atoms with Crippen LogP contribution in [0.15, 0.2) is 24.3 Å². The van der Waals surface area contributed by atoms with Gasteiger partial charge in [-0.3, -0.25) is 14.5 Å². The van der Waals surface area contributed by atoms with Crippen LogP contribution < -0.4 is 5.32 Å². The molecule has 0 bridgehead atoms. The molecule has 0 spiro atoms. The Labute approximate surface area is 135 Å². The zero-order valence-electron chi connectivity index (χ0n) is 12.6. The summed E-state index contributed by atoms with van der Waals surface area (Å²) in [6, 6.07) is 8.05. The van der Waals surface area contributed by atoms with E-state index >= 15 is 0 Å². The smallest absolute Gasteiger partial charge is 0.312 e. The monoisotopic (exact) mass is 321 g/mol. The number of carbonyl (C=O) groups is 2. The Balaban J connectivity index is 1.61. The number of hydrogen-bond acceptors (Lipinski definition) is 3. The largest absolute Gasteiger partial charge is 0.346 e. The van der Waals surface area contributed by atoms with E-state index < -0.39 is 11.8 Å². The maximum atomic E-state index is 11.8. The number of carbonyl (C=O) groups excluding carboxylic acids is 2. The lowest BCUT2D eigenvalue weighted by Crippen LogP contribution is -2.65. The molecule has 2 fully saturated rings. The van der Waals surface area contributed by atoms with Crippen molar-refractivity contribution in [2.75, 3.05) is 32.7 Å². The molecule has 1 aromatic rings. The van der Waals surface area contributed by atoms with Gasteiger partial charge in [0.2, 0.25) is 0 Å². The van der Waals surface area contributed by atoms with E-state index in [-0.39, 0.29) is 6.04 Å². The second-order valence-electron chi connectivity index (χ2n) is 6.08. The highest BCUT2D eigenvalue weighted by molar-refractivity contribution is 6.35. The standard InChI is InChI=1S/C16H20ClN3O2/c1-11(12-3-2-4-13(17)7-12)9-19-5-6-20-14(10-19)8-18-15(21)16(20)22/h2-4,7,11,14H,5-6,8-10H2,1H3,(H,18,21)/t11-,14+/m0/s1. The van der Waals surface area contributed by atoms with Crippen molar-refractivity contribution < 1.29 is 9.59 Å². The zero-order valence-corrected chi connectivity index (χ0v) is 13.3. The van der Waals surface area contributed by atoms with E-state index in [0.29, 0.717) is 19.0 Å². The summed E-state index contributed by atoms with van der Waals surface area (Å²) in [5.74, 6) is -0.491. The van der Waals surface area contributed by atoms with Gasteiger partial charge in [-0.05, 0) is 23.6 Å². The quantitative estimate of drug-likeness (QED) is 0.848. The van der Waals surface area contributed by atoms with Crippen molar-refractivity contribution in [3.63, 3.8) is 0 Å². The van der Waals surface area contributed by atoms with Crippen LogP contribution in [0.1, 0.15) is 18.4 Å². The number of halogens is 1. The molecular weight excluding hydrogens is 302 g/mol. The third-order valence-corrected chi connectivity index (χ3v) is 4.71. The minimum atomic E-state index is -0.475. The van der Waals surface area contributed by atoms with Gasteiger partial charge in [0.1, 0.15) is 0 Å². The van der Waals surface area contributed by atoms with Gasteiger partial charge in [-0.25, -0.2) is 0 Å². The first-order valence-corrected chi connectivity index (χ1v) is 7.99. The second kappa shape index (κ2) is 6.26. The molecule has 0 aromatic heterocycles. The molecule has 2 saturated heterocycles. The highest BCUT2D eigenvalue weighted by Crippen LogP contribution is 2.22. The van der Waals surface area contributed by atoms with Crippen molar-refractivity contribution in [2.24, 2.45) is 0 Å². The molecule has 1 aromatic carbocycles. The fourth-order valence-electron chi connectivity index (χ4n) is 3.25. The van der Waals surface area contributed by atoms with Crippen molar-refractivity contribution >= 4 is 23.4 Å².